The number of benzene rings is 3. The summed E-state index contributed by atoms with van der Waals surface area (Å²) in [5, 5.41) is 11.6. The summed E-state index contributed by atoms with van der Waals surface area (Å²) in [6, 6.07) is 19.1. The third-order valence-electron chi connectivity index (χ3n) is 4.94. The number of carboxylic acid groups (broad SMARTS) is 1. The minimum absolute atomic E-state index is 0.0484. The third kappa shape index (κ3) is 4.96. The first-order valence-electron chi connectivity index (χ1n) is 9.78. The van der Waals surface area contributed by atoms with Crippen molar-refractivity contribution in [3.63, 3.8) is 0 Å². The first kappa shape index (κ1) is 22.3. The van der Waals surface area contributed by atoms with Gasteiger partial charge in [0.2, 0.25) is 0 Å². The molecular weight excluding hydrogens is 466 g/mol. The molecule has 0 bridgehead atoms. The second-order valence-corrected chi connectivity index (χ2v) is 9.20. The molecule has 0 atom stereocenters. The SMILES string of the molecule is O=C(O)CCN1C(=O)/C(=C\c2c(OCc3ccc(Cl)cc3)ccc3ccccc23)SC1=S. The van der Waals surface area contributed by atoms with Gasteiger partial charge in [0.05, 0.1) is 11.3 Å². The van der Waals surface area contributed by atoms with Crippen LogP contribution < -0.4 is 4.74 Å². The number of nitrogens with zero attached hydrogens (tertiary/aromatic N) is 1. The van der Waals surface area contributed by atoms with Crippen LogP contribution in [0.2, 0.25) is 5.02 Å². The molecule has 0 spiro atoms. The number of halogens is 1. The van der Waals surface area contributed by atoms with E-state index in [2.05, 4.69) is 0 Å². The number of rotatable bonds is 7. The van der Waals surface area contributed by atoms with E-state index in [1.54, 1.807) is 6.08 Å². The molecule has 0 aliphatic carbocycles. The zero-order chi connectivity index (χ0) is 22.7. The van der Waals surface area contributed by atoms with Crippen molar-refractivity contribution in [1.82, 2.24) is 4.90 Å². The quantitative estimate of drug-likeness (QED) is 0.341. The Morgan fingerprint density at radius 1 is 1.12 bits per heavy atom. The predicted molar refractivity (Wildman–Crippen MR) is 132 cm³/mol. The normalized spacial score (nSPS) is 15.0. The molecule has 0 aromatic heterocycles. The monoisotopic (exact) mass is 483 g/mol. The molecule has 1 N–H and O–H groups in total. The number of hydrogen-bond donors (Lipinski definition) is 1. The molecule has 1 amide bonds. The number of carbonyl (C=O) groups excluding carboxylic acids is 1. The van der Waals surface area contributed by atoms with Gasteiger partial charge in [-0.25, -0.2) is 0 Å². The van der Waals surface area contributed by atoms with Crippen LogP contribution in [0, 0.1) is 0 Å². The van der Waals surface area contributed by atoms with Gasteiger partial charge in [-0.05, 0) is 40.6 Å². The van der Waals surface area contributed by atoms with E-state index < -0.39 is 5.97 Å². The standard InChI is InChI=1S/C24H18ClNO4S2/c25-17-8-5-15(6-9-17)14-30-20-10-7-16-3-1-2-4-18(16)19(20)13-21-23(29)26(24(31)32-21)12-11-22(27)28/h1-10,13H,11-12,14H2,(H,27,28)/b21-13+. The highest BCUT2D eigenvalue weighted by Gasteiger charge is 2.32. The maximum atomic E-state index is 12.9. The maximum absolute atomic E-state index is 12.9. The number of ether oxygens (including phenoxy) is 1. The predicted octanol–water partition coefficient (Wildman–Crippen LogP) is 5.75. The number of amides is 1. The van der Waals surface area contributed by atoms with E-state index in [1.165, 1.54) is 16.7 Å². The summed E-state index contributed by atoms with van der Waals surface area (Å²) in [5.74, 6) is -0.637. The topological polar surface area (TPSA) is 66.8 Å². The number of carbonyl (C=O) groups is 2. The molecule has 4 rings (SSSR count). The van der Waals surface area contributed by atoms with Crippen LogP contribution >= 0.6 is 35.6 Å². The zero-order valence-electron chi connectivity index (χ0n) is 16.8. The Bertz CT molecular complexity index is 1240. The summed E-state index contributed by atoms with van der Waals surface area (Å²) in [4.78, 5) is 25.6. The highest BCUT2D eigenvalue weighted by Crippen LogP contribution is 2.37. The number of aliphatic carboxylic acids is 1. The van der Waals surface area contributed by atoms with E-state index in [-0.39, 0.29) is 18.9 Å². The van der Waals surface area contributed by atoms with E-state index in [4.69, 9.17) is 33.7 Å². The number of thiocarbonyl (C=S) groups is 1. The van der Waals surface area contributed by atoms with E-state index in [1.807, 2.05) is 60.7 Å². The Labute approximate surface area is 199 Å². The molecule has 1 aliphatic rings. The van der Waals surface area contributed by atoms with Crippen molar-refractivity contribution < 1.29 is 19.4 Å². The fourth-order valence-corrected chi connectivity index (χ4v) is 4.74. The van der Waals surface area contributed by atoms with Gasteiger partial charge in [0.25, 0.3) is 5.91 Å². The molecule has 0 radical (unpaired) electrons. The van der Waals surface area contributed by atoms with Crippen LogP contribution in [-0.2, 0) is 16.2 Å². The lowest BCUT2D eigenvalue weighted by molar-refractivity contribution is -0.137. The highest BCUT2D eigenvalue weighted by atomic mass is 35.5. The van der Waals surface area contributed by atoms with Crippen LogP contribution in [-0.4, -0.2) is 32.7 Å². The van der Waals surface area contributed by atoms with Gasteiger partial charge in [0, 0.05) is 17.1 Å². The molecule has 1 saturated heterocycles. The molecule has 32 heavy (non-hydrogen) atoms. The highest BCUT2D eigenvalue weighted by molar-refractivity contribution is 8.26. The minimum atomic E-state index is -0.977. The summed E-state index contributed by atoms with van der Waals surface area (Å²) in [6.07, 6.45) is 1.61. The van der Waals surface area contributed by atoms with Crippen molar-refractivity contribution >= 4 is 68.6 Å². The Balaban J connectivity index is 1.68. The lowest BCUT2D eigenvalue weighted by atomic mass is 10.0. The lowest BCUT2D eigenvalue weighted by Gasteiger charge is -2.13. The lowest BCUT2D eigenvalue weighted by Crippen LogP contribution is -2.30. The van der Waals surface area contributed by atoms with Crippen LogP contribution in [0.4, 0.5) is 0 Å². The van der Waals surface area contributed by atoms with Crippen molar-refractivity contribution in [2.45, 2.75) is 13.0 Å². The van der Waals surface area contributed by atoms with Gasteiger partial charge in [-0.1, -0.05) is 78.0 Å². The molecule has 3 aromatic rings. The fraction of sp³-hybridized carbons (Fsp3) is 0.125. The van der Waals surface area contributed by atoms with Gasteiger partial charge in [-0.15, -0.1) is 0 Å². The maximum Gasteiger partial charge on any atom is 0.305 e. The van der Waals surface area contributed by atoms with Crippen LogP contribution in [0.1, 0.15) is 17.5 Å². The molecular formula is C24H18ClNO4S2. The minimum Gasteiger partial charge on any atom is -0.488 e. The van der Waals surface area contributed by atoms with Gasteiger partial charge in [-0.3, -0.25) is 14.5 Å². The molecule has 5 nitrogen and oxygen atoms in total. The molecule has 0 saturated carbocycles. The molecule has 3 aromatic carbocycles. The first-order chi connectivity index (χ1) is 15.4. The fourth-order valence-electron chi connectivity index (χ4n) is 3.32. The Kier molecular flexibility index (Phi) is 6.79. The number of carboxylic acids is 1. The third-order valence-corrected chi connectivity index (χ3v) is 6.57. The number of fused-ring (bicyclic) bond motifs is 1. The Morgan fingerprint density at radius 2 is 1.88 bits per heavy atom. The molecule has 1 heterocycles. The summed E-state index contributed by atoms with van der Waals surface area (Å²) in [6.45, 7) is 0.392. The van der Waals surface area contributed by atoms with E-state index >= 15 is 0 Å². The van der Waals surface area contributed by atoms with Crippen molar-refractivity contribution in [2.75, 3.05) is 6.54 Å². The summed E-state index contributed by atoms with van der Waals surface area (Å²) in [5.41, 5.74) is 1.74. The molecule has 162 valence electrons. The largest absolute Gasteiger partial charge is 0.488 e. The molecule has 0 unspecified atom stereocenters. The van der Waals surface area contributed by atoms with Gasteiger partial charge in [-0.2, -0.15) is 0 Å². The van der Waals surface area contributed by atoms with Crippen molar-refractivity contribution in [1.29, 1.82) is 0 Å². The van der Waals surface area contributed by atoms with Crippen molar-refractivity contribution in [3.05, 3.63) is 81.7 Å². The van der Waals surface area contributed by atoms with Crippen LogP contribution in [0.25, 0.3) is 16.8 Å². The first-order valence-corrected chi connectivity index (χ1v) is 11.4. The van der Waals surface area contributed by atoms with E-state index in [0.717, 1.165) is 21.9 Å². The van der Waals surface area contributed by atoms with E-state index in [0.29, 0.717) is 26.6 Å². The average molecular weight is 484 g/mol. The van der Waals surface area contributed by atoms with Crippen LogP contribution in [0.15, 0.2) is 65.6 Å². The van der Waals surface area contributed by atoms with Gasteiger partial charge >= 0.3 is 5.97 Å². The van der Waals surface area contributed by atoms with Crippen molar-refractivity contribution in [3.8, 4) is 5.75 Å². The second kappa shape index (κ2) is 9.73. The van der Waals surface area contributed by atoms with Crippen LogP contribution in [0.3, 0.4) is 0 Å². The van der Waals surface area contributed by atoms with E-state index in [9.17, 15) is 9.59 Å². The number of hydrogen-bond acceptors (Lipinski definition) is 5. The Morgan fingerprint density at radius 3 is 2.62 bits per heavy atom. The van der Waals surface area contributed by atoms with Crippen LogP contribution in [0.5, 0.6) is 5.75 Å². The Hall–Kier alpha value is -2.87. The molecule has 1 aliphatic heterocycles. The second-order valence-electron chi connectivity index (χ2n) is 7.09. The molecule has 1 fully saturated rings. The smallest absolute Gasteiger partial charge is 0.305 e. The van der Waals surface area contributed by atoms with Gasteiger partial charge in [0.15, 0.2) is 0 Å². The molecule has 8 heteroatoms. The van der Waals surface area contributed by atoms with Crippen molar-refractivity contribution in [2.24, 2.45) is 0 Å². The summed E-state index contributed by atoms with van der Waals surface area (Å²) >= 11 is 12.4. The summed E-state index contributed by atoms with van der Waals surface area (Å²) in [7, 11) is 0. The summed E-state index contributed by atoms with van der Waals surface area (Å²) < 4.78 is 6.47. The van der Waals surface area contributed by atoms with Gasteiger partial charge < -0.3 is 9.84 Å². The zero-order valence-corrected chi connectivity index (χ0v) is 19.2. The average Bonchev–Trinajstić information content (AvgIpc) is 3.05. The van der Waals surface area contributed by atoms with Gasteiger partial charge in [0.1, 0.15) is 16.7 Å². The number of thioether (sulfide) groups is 1.